The zero-order valence-corrected chi connectivity index (χ0v) is 11.8. The maximum absolute atomic E-state index is 13.1. The third kappa shape index (κ3) is 3.96. The number of aromatic nitrogens is 4. The number of nitrogens with one attached hydrogen (secondary N) is 1. The van der Waals surface area contributed by atoms with Crippen molar-refractivity contribution in [3.63, 3.8) is 0 Å². The van der Waals surface area contributed by atoms with Gasteiger partial charge < -0.3 is 10.1 Å². The lowest BCUT2D eigenvalue weighted by atomic mass is 10.2. The summed E-state index contributed by atoms with van der Waals surface area (Å²) >= 11 is 5.75. The molecule has 0 aliphatic carbocycles. The number of tetrazole rings is 1. The molecule has 8 heteroatoms. The van der Waals surface area contributed by atoms with E-state index in [2.05, 4.69) is 20.8 Å². The molecule has 0 saturated heterocycles. The Balaban J connectivity index is 1.99. The number of benzene rings is 1. The van der Waals surface area contributed by atoms with Crippen LogP contribution in [0.5, 0.6) is 0 Å². The number of hydrogen-bond acceptors (Lipinski definition) is 5. The molecule has 2 aromatic rings. The molecule has 0 aliphatic rings. The zero-order valence-electron chi connectivity index (χ0n) is 11.0. The predicted molar refractivity (Wildman–Crippen MR) is 71.9 cm³/mol. The van der Waals surface area contributed by atoms with Gasteiger partial charge in [0.1, 0.15) is 5.82 Å². The average molecular weight is 300 g/mol. The lowest BCUT2D eigenvalue weighted by Crippen LogP contribution is -2.21. The number of methoxy groups -OCH3 is 1. The van der Waals surface area contributed by atoms with Gasteiger partial charge in [-0.2, -0.15) is 0 Å². The van der Waals surface area contributed by atoms with E-state index in [1.54, 1.807) is 23.9 Å². The summed E-state index contributed by atoms with van der Waals surface area (Å²) < 4.78 is 19.7. The van der Waals surface area contributed by atoms with Crippen LogP contribution in [0.4, 0.5) is 4.39 Å². The topological polar surface area (TPSA) is 64.9 Å². The summed E-state index contributed by atoms with van der Waals surface area (Å²) in [5.74, 6) is 0.259. The molecule has 0 bridgehead atoms. The van der Waals surface area contributed by atoms with E-state index >= 15 is 0 Å². The lowest BCUT2D eigenvalue weighted by molar-refractivity contribution is 0.198. The molecule has 1 aromatic carbocycles. The second-order valence-corrected chi connectivity index (χ2v) is 4.58. The zero-order chi connectivity index (χ0) is 14.4. The molecule has 0 spiro atoms. The van der Waals surface area contributed by atoms with E-state index in [0.29, 0.717) is 32.1 Å². The summed E-state index contributed by atoms with van der Waals surface area (Å²) in [6.07, 6.45) is 0. The molecule has 0 amide bonds. The van der Waals surface area contributed by atoms with Crippen molar-refractivity contribution in [1.82, 2.24) is 25.5 Å². The number of rotatable bonds is 7. The monoisotopic (exact) mass is 299 g/mol. The van der Waals surface area contributed by atoms with Gasteiger partial charge in [-0.1, -0.05) is 17.7 Å². The molecule has 0 aliphatic heterocycles. The van der Waals surface area contributed by atoms with Crippen LogP contribution in [0.15, 0.2) is 18.2 Å². The molecule has 0 unspecified atom stereocenters. The molecule has 0 fully saturated rings. The van der Waals surface area contributed by atoms with Crippen molar-refractivity contribution in [1.29, 1.82) is 0 Å². The molecule has 1 N–H and O–H groups in total. The Kier molecular flexibility index (Phi) is 5.40. The molecule has 2 rings (SSSR count). The third-order valence-electron chi connectivity index (χ3n) is 2.69. The normalized spacial score (nSPS) is 10.9. The highest BCUT2D eigenvalue weighted by molar-refractivity contribution is 6.30. The van der Waals surface area contributed by atoms with Crippen LogP contribution >= 0.6 is 11.6 Å². The summed E-state index contributed by atoms with van der Waals surface area (Å²) in [6, 6.07) is 4.56. The SMILES string of the molecule is COCCNCc1nnnn1Cc1ccc(F)c(Cl)c1. The van der Waals surface area contributed by atoms with Crippen LogP contribution in [-0.4, -0.2) is 40.5 Å². The van der Waals surface area contributed by atoms with Crippen molar-refractivity contribution >= 4 is 11.6 Å². The molecule has 20 heavy (non-hydrogen) atoms. The number of ether oxygens (including phenoxy) is 1. The van der Waals surface area contributed by atoms with Crippen LogP contribution in [0.3, 0.4) is 0 Å². The maximum atomic E-state index is 13.1. The lowest BCUT2D eigenvalue weighted by Gasteiger charge is -2.06. The maximum Gasteiger partial charge on any atom is 0.165 e. The molecule has 1 aromatic heterocycles. The van der Waals surface area contributed by atoms with Crippen LogP contribution in [0, 0.1) is 5.82 Å². The smallest absolute Gasteiger partial charge is 0.165 e. The molecular weight excluding hydrogens is 285 g/mol. The van der Waals surface area contributed by atoms with Crippen molar-refractivity contribution in [2.45, 2.75) is 13.1 Å². The second-order valence-electron chi connectivity index (χ2n) is 4.17. The first-order valence-corrected chi connectivity index (χ1v) is 6.47. The third-order valence-corrected chi connectivity index (χ3v) is 2.98. The van der Waals surface area contributed by atoms with Crippen LogP contribution in [0.25, 0.3) is 0 Å². The summed E-state index contributed by atoms with van der Waals surface area (Å²) in [6.45, 7) is 2.31. The second kappa shape index (κ2) is 7.28. The molecule has 0 saturated carbocycles. The van der Waals surface area contributed by atoms with Crippen molar-refractivity contribution in [3.8, 4) is 0 Å². The van der Waals surface area contributed by atoms with Crippen LogP contribution in [0.1, 0.15) is 11.4 Å². The number of halogens is 2. The van der Waals surface area contributed by atoms with Crippen molar-refractivity contribution in [3.05, 3.63) is 40.4 Å². The Morgan fingerprint density at radius 2 is 2.30 bits per heavy atom. The van der Waals surface area contributed by atoms with Crippen LogP contribution in [-0.2, 0) is 17.8 Å². The highest BCUT2D eigenvalue weighted by atomic mass is 35.5. The van der Waals surface area contributed by atoms with Crippen LogP contribution in [0.2, 0.25) is 5.02 Å². The molecule has 0 atom stereocenters. The first kappa shape index (κ1) is 14.8. The average Bonchev–Trinajstić information content (AvgIpc) is 2.86. The fourth-order valence-electron chi connectivity index (χ4n) is 1.66. The Morgan fingerprint density at radius 3 is 3.05 bits per heavy atom. The van der Waals surface area contributed by atoms with Gasteiger partial charge in [-0.05, 0) is 28.1 Å². The number of nitrogens with zero attached hydrogens (tertiary/aromatic N) is 4. The van der Waals surface area contributed by atoms with E-state index in [9.17, 15) is 4.39 Å². The van der Waals surface area contributed by atoms with E-state index in [1.807, 2.05) is 0 Å². The summed E-state index contributed by atoms with van der Waals surface area (Å²) in [7, 11) is 1.64. The molecule has 108 valence electrons. The first-order valence-electron chi connectivity index (χ1n) is 6.09. The van der Waals surface area contributed by atoms with Gasteiger partial charge in [-0.25, -0.2) is 9.07 Å². The highest BCUT2D eigenvalue weighted by Crippen LogP contribution is 2.16. The van der Waals surface area contributed by atoms with Gasteiger partial charge in [-0.15, -0.1) is 5.10 Å². The van der Waals surface area contributed by atoms with Crippen molar-refractivity contribution in [2.24, 2.45) is 0 Å². The molecule has 0 radical (unpaired) electrons. The predicted octanol–water partition coefficient (Wildman–Crippen LogP) is 1.25. The van der Waals surface area contributed by atoms with Gasteiger partial charge in [0.25, 0.3) is 0 Å². The highest BCUT2D eigenvalue weighted by Gasteiger charge is 2.08. The first-order chi connectivity index (χ1) is 9.70. The quantitative estimate of drug-likeness (QED) is 0.780. The molecular formula is C12H15ClFN5O. The Morgan fingerprint density at radius 1 is 1.45 bits per heavy atom. The minimum absolute atomic E-state index is 0.0929. The fraction of sp³-hybridized carbons (Fsp3) is 0.417. The van der Waals surface area contributed by atoms with Gasteiger partial charge in [0.05, 0.1) is 24.7 Å². The largest absolute Gasteiger partial charge is 0.383 e. The minimum atomic E-state index is -0.436. The van der Waals surface area contributed by atoms with Gasteiger partial charge >= 0.3 is 0 Å². The standard InChI is InChI=1S/C12H15ClFN5O/c1-20-5-4-15-7-12-16-17-18-19(12)8-9-2-3-11(14)10(13)6-9/h2-3,6,15H,4-5,7-8H2,1H3. The summed E-state index contributed by atoms with van der Waals surface area (Å²) in [5, 5.41) is 14.7. The summed E-state index contributed by atoms with van der Waals surface area (Å²) in [5.41, 5.74) is 0.835. The van der Waals surface area contributed by atoms with Crippen molar-refractivity contribution < 1.29 is 9.13 Å². The molecule has 1 heterocycles. The minimum Gasteiger partial charge on any atom is -0.383 e. The van der Waals surface area contributed by atoms with Gasteiger partial charge in [0.2, 0.25) is 0 Å². The van der Waals surface area contributed by atoms with E-state index in [4.69, 9.17) is 16.3 Å². The van der Waals surface area contributed by atoms with E-state index < -0.39 is 5.82 Å². The Labute approximate surface area is 120 Å². The number of hydrogen-bond donors (Lipinski definition) is 1. The fourth-order valence-corrected chi connectivity index (χ4v) is 1.86. The van der Waals surface area contributed by atoms with Crippen LogP contribution < -0.4 is 5.32 Å². The van der Waals surface area contributed by atoms with Crippen molar-refractivity contribution in [2.75, 3.05) is 20.3 Å². The Bertz CT molecular complexity index is 563. The molecule has 6 nitrogen and oxygen atoms in total. The van der Waals surface area contributed by atoms with E-state index in [-0.39, 0.29) is 5.02 Å². The van der Waals surface area contributed by atoms with E-state index in [1.165, 1.54) is 6.07 Å². The van der Waals surface area contributed by atoms with Gasteiger partial charge in [-0.3, -0.25) is 0 Å². The Hall–Kier alpha value is -1.57. The van der Waals surface area contributed by atoms with Gasteiger partial charge in [0.15, 0.2) is 5.82 Å². The van der Waals surface area contributed by atoms with Gasteiger partial charge in [0, 0.05) is 13.7 Å². The summed E-state index contributed by atoms with van der Waals surface area (Å²) in [4.78, 5) is 0. The van der Waals surface area contributed by atoms with E-state index in [0.717, 1.165) is 5.56 Å².